The van der Waals surface area contributed by atoms with Crippen molar-refractivity contribution in [1.82, 2.24) is 4.57 Å². The van der Waals surface area contributed by atoms with Crippen LogP contribution < -0.4 is 5.43 Å². The Labute approximate surface area is 128 Å². The van der Waals surface area contributed by atoms with Gasteiger partial charge in [-0.2, -0.15) is 0 Å². The molecule has 0 aliphatic rings. The Balaban J connectivity index is 2.27. The molecule has 0 amide bonds. The molecule has 0 aliphatic carbocycles. The van der Waals surface area contributed by atoms with E-state index >= 15 is 0 Å². The van der Waals surface area contributed by atoms with Crippen LogP contribution in [-0.4, -0.2) is 15.3 Å². The number of halogens is 2. The van der Waals surface area contributed by atoms with Gasteiger partial charge >= 0.3 is 5.69 Å². The van der Waals surface area contributed by atoms with Gasteiger partial charge in [0, 0.05) is 17.8 Å². The van der Waals surface area contributed by atoms with Crippen LogP contribution in [-0.2, 0) is 6.54 Å². The number of carbonyl (C=O) groups is 1. The second-order valence-corrected chi connectivity index (χ2v) is 4.99. The van der Waals surface area contributed by atoms with Gasteiger partial charge < -0.3 is 4.57 Å². The van der Waals surface area contributed by atoms with E-state index in [4.69, 9.17) is 23.2 Å². The van der Waals surface area contributed by atoms with Gasteiger partial charge in [0.15, 0.2) is 5.78 Å². The Bertz CT molecular complexity index is 786. The molecule has 0 bridgehead atoms. The largest absolute Gasteiger partial charge is 0.340 e. The first-order valence-corrected chi connectivity index (χ1v) is 6.47. The van der Waals surface area contributed by atoms with Crippen molar-refractivity contribution in [2.45, 2.75) is 6.54 Å². The molecule has 0 spiro atoms. The molecule has 0 radical (unpaired) electrons. The Morgan fingerprint density at radius 1 is 1.24 bits per heavy atom. The van der Waals surface area contributed by atoms with E-state index in [1.807, 2.05) is 0 Å². The summed E-state index contributed by atoms with van der Waals surface area (Å²) in [4.78, 5) is 33.2. The molecular weight excluding hydrogens is 319 g/mol. The Kier molecular flexibility index (Phi) is 4.40. The first-order chi connectivity index (χ1) is 9.88. The monoisotopic (exact) mass is 326 g/mol. The highest BCUT2D eigenvalue weighted by atomic mass is 35.5. The summed E-state index contributed by atoms with van der Waals surface area (Å²) in [5, 5.41) is 11.3. The Morgan fingerprint density at radius 3 is 2.57 bits per heavy atom. The lowest BCUT2D eigenvalue weighted by molar-refractivity contribution is -0.386. The van der Waals surface area contributed by atoms with Crippen molar-refractivity contribution in [3.05, 3.63) is 72.6 Å². The molecule has 6 nitrogen and oxygen atoms in total. The van der Waals surface area contributed by atoms with Gasteiger partial charge in [-0.3, -0.25) is 19.7 Å². The summed E-state index contributed by atoms with van der Waals surface area (Å²) in [6.45, 7) is -0.154. The molecule has 108 valence electrons. The summed E-state index contributed by atoms with van der Waals surface area (Å²) in [6, 6.07) is 5.46. The van der Waals surface area contributed by atoms with Crippen molar-refractivity contribution >= 4 is 34.7 Å². The number of rotatable bonds is 4. The van der Waals surface area contributed by atoms with Crippen molar-refractivity contribution in [1.29, 1.82) is 0 Å². The van der Waals surface area contributed by atoms with E-state index in [-0.39, 0.29) is 17.4 Å². The standard InChI is InChI=1S/C13H8Cl2N2O4/c14-9-2-1-8(5-10(9)15)13(19)7-16-4-3-12(18)11(6-16)17(20)21/h1-6H,7H2. The summed E-state index contributed by atoms with van der Waals surface area (Å²) in [6.07, 6.45) is 2.34. The average Bonchev–Trinajstić information content (AvgIpc) is 2.43. The molecule has 8 heteroatoms. The topological polar surface area (TPSA) is 82.2 Å². The van der Waals surface area contributed by atoms with Gasteiger partial charge in [-0.25, -0.2) is 0 Å². The highest BCUT2D eigenvalue weighted by molar-refractivity contribution is 6.42. The first-order valence-electron chi connectivity index (χ1n) is 5.71. The van der Waals surface area contributed by atoms with Crippen molar-refractivity contribution in [3.63, 3.8) is 0 Å². The zero-order valence-corrected chi connectivity index (χ0v) is 12.0. The van der Waals surface area contributed by atoms with E-state index in [9.17, 15) is 19.7 Å². The van der Waals surface area contributed by atoms with Gasteiger partial charge in [0.05, 0.1) is 27.7 Å². The minimum Gasteiger partial charge on any atom is -0.340 e. The number of Topliss-reactive ketones (excluding diaryl/α,β-unsaturated/α-hetero) is 1. The number of nitro groups is 1. The molecule has 1 aromatic carbocycles. The van der Waals surface area contributed by atoms with E-state index in [1.54, 1.807) is 0 Å². The number of nitrogens with zero attached hydrogens (tertiary/aromatic N) is 2. The Morgan fingerprint density at radius 2 is 1.95 bits per heavy atom. The lowest BCUT2D eigenvalue weighted by atomic mass is 10.1. The Hall–Kier alpha value is -2.18. The van der Waals surface area contributed by atoms with E-state index in [2.05, 4.69) is 0 Å². The number of pyridine rings is 1. The fraction of sp³-hybridized carbons (Fsp3) is 0.0769. The lowest BCUT2D eigenvalue weighted by Crippen LogP contribution is -2.15. The molecule has 0 N–H and O–H groups in total. The average molecular weight is 327 g/mol. The first kappa shape index (κ1) is 15.2. The smallest absolute Gasteiger partial charge is 0.332 e. The second kappa shape index (κ2) is 6.07. The van der Waals surface area contributed by atoms with Crippen LogP contribution in [0.25, 0.3) is 0 Å². The highest BCUT2D eigenvalue weighted by Crippen LogP contribution is 2.23. The molecule has 0 unspecified atom stereocenters. The summed E-state index contributed by atoms with van der Waals surface area (Å²) in [5.74, 6) is -0.313. The molecule has 1 aromatic heterocycles. The predicted octanol–water partition coefficient (Wildman–Crippen LogP) is 2.95. The lowest BCUT2D eigenvalue weighted by Gasteiger charge is -2.06. The third-order valence-electron chi connectivity index (χ3n) is 2.72. The minimum atomic E-state index is -0.789. The van der Waals surface area contributed by atoms with E-state index in [0.717, 1.165) is 12.3 Å². The predicted molar refractivity (Wildman–Crippen MR) is 78.1 cm³/mol. The number of hydrogen-bond donors (Lipinski definition) is 0. The summed E-state index contributed by atoms with van der Waals surface area (Å²) in [5.41, 5.74) is -0.969. The van der Waals surface area contributed by atoms with Gasteiger partial charge in [0.1, 0.15) is 0 Å². The van der Waals surface area contributed by atoms with E-state index < -0.39 is 16.0 Å². The second-order valence-electron chi connectivity index (χ2n) is 4.18. The fourth-order valence-corrected chi connectivity index (χ4v) is 1.97. The maximum atomic E-state index is 12.1. The molecular formula is C13H8Cl2N2O4. The van der Waals surface area contributed by atoms with Crippen LogP contribution in [0.3, 0.4) is 0 Å². The van der Waals surface area contributed by atoms with Gasteiger partial charge in [0.25, 0.3) is 5.43 Å². The third kappa shape index (κ3) is 3.48. The van der Waals surface area contributed by atoms with Crippen LogP contribution >= 0.6 is 23.2 Å². The normalized spacial score (nSPS) is 10.4. The minimum absolute atomic E-state index is 0.154. The number of carbonyl (C=O) groups excluding carboxylic acids is 1. The number of benzene rings is 1. The summed E-state index contributed by atoms with van der Waals surface area (Å²) in [7, 11) is 0. The van der Waals surface area contributed by atoms with E-state index in [1.165, 1.54) is 29.0 Å². The molecule has 0 aliphatic heterocycles. The van der Waals surface area contributed by atoms with Crippen LogP contribution in [0.4, 0.5) is 5.69 Å². The van der Waals surface area contributed by atoms with Crippen LogP contribution in [0, 0.1) is 10.1 Å². The molecule has 21 heavy (non-hydrogen) atoms. The number of ketones is 1. The van der Waals surface area contributed by atoms with Crippen LogP contribution in [0.15, 0.2) is 41.5 Å². The van der Waals surface area contributed by atoms with Crippen molar-refractivity contribution in [2.24, 2.45) is 0 Å². The SMILES string of the molecule is O=C(Cn1ccc(=O)c([N+](=O)[O-])c1)c1ccc(Cl)c(Cl)c1. The highest BCUT2D eigenvalue weighted by Gasteiger charge is 2.14. The van der Waals surface area contributed by atoms with Gasteiger partial charge in [-0.1, -0.05) is 23.2 Å². The number of aromatic nitrogens is 1. The van der Waals surface area contributed by atoms with Gasteiger partial charge in [0.2, 0.25) is 0 Å². The van der Waals surface area contributed by atoms with Gasteiger partial charge in [-0.05, 0) is 18.2 Å². The molecule has 0 saturated heterocycles. The van der Waals surface area contributed by atoms with Crippen LogP contribution in [0.2, 0.25) is 10.0 Å². The molecule has 0 saturated carbocycles. The third-order valence-corrected chi connectivity index (χ3v) is 3.46. The molecule has 2 aromatic rings. The molecule has 0 atom stereocenters. The van der Waals surface area contributed by atoms with E-state index in [0.29, 0.717) is 10.6 Å². The van der Waals surface area contributed by atoms with Crippen molar-refractivity contribution in [2.75, 3.05) is 0 Å². The maximum Gasteiger partial charge on any atom is 0.332 e. The van der Waals surface area contributed by atoms with Crippen molar-refractivity contribution < 1.29 is 9.72 Å². The summed E-state index contributed by atoms with van der Waals surface area (Å²) >= 11 is 11.6. The zero-order valence-electron chi connectivity index (χ0n) is 10.5. The molecule has 0 fully saturated rings. The molecule has 1 heterocycles. The molecule has 2 rings (SSSR count). The summed E-state index contributed by atoms with van der Waals surface area (Å²) < 4.78 is 1.27. The quantitative estimate of drug-likeness (QED) is 0.491. The fourth-order valence-electron chi connectivity index (χ4n) is 1.67. The van der Waals surface area contributed by atoms with Crippen LogP contribution in [0.5, 0.6) is 0 Å². The zero-order chi connectivity index (χ0) is 15.6. The maximum absolute atomic E-state index is 12.1. The van der Waals surface area contributed by atoms with Gasteiger partial charge in [-0.15, -0.1) is 0 Å². The van der Waals surface area contributed by atoms with Crippen LogP contribution in [0.1, 0.15) is 10.4 Å². The van der Waals surface area contributed by atoms with Crippen molar-refractivity contribution in [3.8, 4) is 0 Å². The number of hydrogen-bond acceptors (Lipinski definition) is 4.